The van der Waals surface area contributed by atoms with Gasteiger partial charge >= 0.3 is 0 Å². The van der Waals surface area contributed by atoms with E-state index in [1.807, 2.05) is 36.4 Å². The van der Waals surface area contributed by atoms with Gasteiger partial charge in [-0.1, -0.05) is 41.6 Å². The zero-order chi connectivity index (χ0) is 21.2. The molecule has 0 saturated carbocycles. The number of rotatable bonds is 6. The number of aromatic nitrogens is 3. The largest absolute Gasteiger partial charge is 0.467 e. The first-order valence-corrected chi connectivity index (χ1v) is 10.9. The van der Waals surface area contributed by atoms with Crippen molar-refractivity contribution in [3.63, 3.8) is 0 Å². The fraction of sp³-hybridized carbons (Fsp3) is 0.0870. The van der Waals surface area contributed by atoms with Gasteiger partial charge in [0.05, 0.1) is 29.4 Å². The van der Waals surface area contributed by atoms with E-state index in [0.717, 1.165) is 11.3 Å². The highest BCUT2D eigenvalue weighted by Crippen LogP contribution is 2.26. The van der Waals surface area contributed by atoms with Crippen LogP contribution in [0.3, 0.4) is 0 Å². The highest BCUT2D eigenvalue weighted by Gasteiger charge is 2.15. The van der Waals surface area contributed by atoms with Crippen molar-refractivity contribution in [2.75, 3.05) is 0 Å². The lowest BCUT2D eigenvalue weighted by atomic mass is 10.2. The molecule has 3 heterocycles. The van der Waals surface area contributed by atoms with Gasteiger partial charge in [-0.25, -0.2) is 9.97 Å². The lowest BCUT2D eigenvalue weighted by Crippen LogP contribution is -2.23. The molecule has 2 aromatic carbocycles. The Morgan fingerprint density at radius 1 is 1.00 bits per heavy atom. The third-order valence-corrected chi connectivity index (χ3v) is 5.94. The molecule has 0 radical (unpaired) electrons. The van der Waals surface area contributed by atoms with Gasteiger partial charge in [-0.15, -0.1) is 0 Å². The maximum Gasteiger partial charge on any atom is 0.262 e. The minimum atomic E-state index is -0.148. The third kappa shape index (κ3) is 4.15. The maximum atomic E-state index is 13.2. The summed E-state index contributed by atoms with van der Waals surface area (Å²) in [6, 6.07) is 18.4. The lowest BCUT2D eigenvalue weighted by Gasteiger charge is -2.11. The Labute approximate surface area is 186 Å². The molecule has 5 aromatic rings. The highest BCUT2D eigenvalue weighted by atomic mass is 35.5. The molecule has 8 heteroatoms. The summed E-state index contributed by atoms with van der Waals surface area (Å²) >= 11 is 7.53. The van der Waals surface area contributed by atoms with E-state index in [1.54, 1.807) is 41.4 Å². The normalized spacial score (nSPS) is 11.3. The van der Waals surface area contributed by atoms with Crippen LogP contribution in [0, 0.1) is 0 Å². The van der Waals surface area contributed by atoms with Gasteiger partial charge in [0.2, 0.25) is 5.89 Å². The number of hydrogen-bond acceptors (Lipinski definition) is 6. The average Bonchev–Trinajstić information content (AvgIpc) is 3.47. The monoisotopic (exact) mass is 449 g/mol. The number of halogens is 1. The first-order valence-electron chi connectivity index (χ1n) is 9.52. The van der Waals surface area contributed by atoms with Gasteiger partial charge in [-0.3, -0.25) is 9.36 Å². The van der Waals surface area contributed by atoms with Crippen molar-refractivity contribution in [2.45, 2.75) is 17.5 Å². The summed E-state index contributed by atoms with van der Waals surface area (Å²) in [7, 11) is 0. The van der Waals surface area contributed by atoms with Crippen molar-refractivity contribution >= 4 is 34.3 Å². The Morgan fingerprint density at radius 2 is 1.87 bits per heavy atom. The summed E-state index contributed by atoms with van der Waals surface area (Å²) in [6.07, 6.45) is 3.21. The van der Waals surface area contributed by atoms with Crippen molar-refractivity contribution in [3.05, 3.63) is 100 Å². The zero-order valence-corrected chi connectivity index (χ0v) is 17.8. The van der Waals surface area contributed by atoms with E-state index in [2.05, 4.69) is 4.98 Å². The number of thioether (sulfide) groups is 1. The van der Waals surface area contributed by atoms with Crippen LogP contribution in [0.15, 0.2) is 92.0 Å². The van der Waals surface area contributed by atoms with E-state index in [0.29, 0.717) is 38.5 Å². The van der Waals surface area contributed by atoms with Crippen LogP contribution in [-0.2, 0) is 12.3 Å². The summed E-state index contributed by atoms with van der Waals surface area (Å²) in [5.74, 6) is 1.72. The summed E-state index contributed by atoms with van der Waals surface area (Å²) in [5, 5.41) is 1.59. The molecule has 0 spiro atoms. The van der Waals surface area contributed by atoms with Crippen molar-refractivity contribution in [1.82, 2.24) is 14.5 Å². The molecular formula is C23H16ClN3O3S. The van der Waals surface area contributed by atoms with Crippen LogP contribution >= 0.6 is 23.4 Å². The molecule has 0 aliphatic rings. The van der Waals surface area contributed by atoms with E-state index in [4.69, 9.17) is 25.4 Å². The molecule has 0 aliphatic heterocycles. The standard InChI is InChI=1S/C23H16ClN3O3S/c24-16-8-9-19-20(11-16)26-23(27(22(19)28)12-18-7-4-10-29-18)31-14-17-13-30-21(25-17)15-5-2-1-3-6-15/h1-11,13H,12,14H2. The van der Waals surface area contributed by atoms with E-state index >= 15 is 0 Å². The van der Waals surface area contributed by atoms with Crippen molar-refractivity contribution in [3.8, 4) is 11.5 Å². The Bertz CT molecular complexity index is 1400. The fourth-order valence-electron chi connectivity index (χ4n) is 3.21. The molecule has 3 aromatic heterocycles. The van der Waals surface area contributed by atoms with E-state index in [-0.39, 0.29) is 12.1 Å². The van der Waals surface area contributed by atoms with E-state index < -0.39 is 0 Å². The number of benzene rings is 2. The fourth-order valence-corrected chi connectivity index (χ4v) is 4.25. The Hall–Kier alpha value is -3.29. The first-order chi connectivity index (χ1) is 15.2. The average molecular weight is 450 g/mol. The SMILES string of the molecule is O=c1c2ccc(Cl)cc2nc(SCc2coc(-c3ccccc3)n2)n1Cc1ccco1. The molecule has 0 N–H and O–H groups in total. The molecule has 0 aliphatic carbocycles. The van der Waals surface area contributed by atoms with Crippen molar-refractivity contribution < 1.29 is 8.83 Å². The highest BCUT2D eigenvalue weighted by molar-refractivity contribution is 7.98. The predicted molar refractivity (Wildman–Crippen MR) is 120 cm³/mol. The van der Waals surface area contributed by atoms with E-state index in [9.17, 15) is 4.79 Å². The minimum Gasteiger partial charge on any atom is -0.467 e. The van der Waals surface area contributed by atoms with Crippen LogP contribution in [0.25, 0.3) is 22.4 Å². The van der Waals surface area contributed by atoms with Gasteiger partial charge in [0.1, 0.15) is 12.0 Å². The Balaban J connectivity index is 1.48. The summed E-state index contributed by atoms with van der Waals surface area (Å²) in [5.41, 5.74) is 2.08. The number of oxazole rings is 1. The molecule has 0 bridgehead atoms. The van der Waals surface area contributed by atoms with Gasteiger partial charge in [-0.2, -0.15) is 0 Å². The maximum absolute atomic E-state index is 13.2. The smallest absolute Gasteiger partial charge is 0.262 e. The second-order valence-electron chi connectivity index (χ2n) is 6.83. The number of nitrogens with zero attached hydrogens (tertiary/aromatic N) is 3. The van der Waals surface area contributed by atoms with Crippen LogP contribution in [0.2, 0.25) is 5.02 Å². The van der Waals surface area contributed by atoms with Crippen LogP contribution < -0.4 is 5.56 Å². The van der Waals surface area contributed by atoms with Gasteiger partial charge in [0, 0.05) is 16.3 Å². The second kappa shape index (κ2) is 8.45. The molecule has 0 saturated heterocycles. The second-order valence-corrected chi connectivity index (χ2v) is 8.20. The van der Waals surface area contributed by atoms with E-state index in [1.165, 1.54) is 11.8 Å². The molecule has 0 atom stereocenters. The summed E-state index contributed by atoms with van der Waals surface area (Å²) < 4.78 is 12.7. The van der Waals surface area contributed by atoms with Crippen LogP contribution in [0.5, 0.6) is 0 Å². The molecule has 0 fully saturated rings. The quantitative estimate of drug-likeness (QED) is 0.247. The topological polar surface area (TPSA) is 74.1 Å². The molecule has 0 amide bonds. The third-order valence-electron chi connectivity index (χ3n) is 4.70. The Morgan fingerprint density at radius 3 is 2.68 bits per heavy atom. The van der Waals surface area contributed by atoms with Gasteiger partial charge < -0.3 is 8.83 Å². The van der Waals surface area contributed by atoms with Crippen LogP contribution in [0.4, 0.5) is 0 Å². The van der Waals surface area contributed by atoms with Crippen molar-refractivity contribution in [2.24, 2.45) is 0 Å². The number of furan rings is 1. The number of hydrogen-bond donors (Lipinski definition) is 0. The molecule has 31 heavy (non-hydrogen) atoms. The van der Waals surface area contributed by atoms with Gasteiger partial charge in [0.25, 0.3) is 5.56 Å². The first kappa shape index (κ1) is 19.7. The molecule has 5 rings (SSSR count). The van der Waals surface area contributed by atoms with Gasteiger partial charge in [0.15, 0.2) is 5.16 Å². The lowest BCUT2D eigenvalue weighted by molar-refractivity contribution is 0.476. The molecular weight excluding hydrogens is 434 g/mol. The summed E-state index contributed by atoms with van der Waals surface area (Å²) in [4.78, 5) is 22.4. The Kier molecular flexibility index (Phi) is 5.36. The van der Waals surface area contributed by atoms with Gasteiger partial charge in [-0.05, 0) is 42.5 Å². The van der Waals surface area contributed by atoms with Crippen LogP contribution in [-0.4, -0.2) is 14.5 Å². The molecule has 0 unspecified atom stereocenters. The predicted octanol–water partition coefficient (Wildman–Crippen LogP) is 5.64. The molecule has 154 valence electrons. The van der Waals surface area contributed by atoms with Crippen molar-refractivity contribution in [1.29, 1.82) is 0 Å². The zero-order valence-electron chi connectivity index (χ0n) is 16.2. The minimum absolute atomic E-state index is 0.148. The molecule has 6 nitrogen and oxygen atoms in total. The number of fused-ring (bicyclic) bond motifs is 1. The van der Waals surface area contributed by atoms with Crippen LogP contribution in [0.1, 0.15) is 11.5 Å². The summed E-state index contributed by atoms with van der Waals surface area (Å²) in [6.45, 7) is 0.286.